The molecule has 0 aromatic carbocycles. The van der Waals surface area contributed by atoms with E-state index in [0.717, 1.165) is 44.3 Å². The van der Waals surface area contributed by atoms with E-state index < -0.39 is 0 Å². The molecular weight excluding hydrogens is 308 g/mol. The van der Waals surface area contributed by atoms with Crippen LogP contribution in [-0.2, 0) is 4.79 Å². The van der Waals surface area contributed by atoms with Gasteiger partial charge in [-0.2, -0.15) is 0 Å². The Morgan fingerprint density at radius 1 is 1.21 bits per heavy atom. The largest absolute Gasteiger partial charge is 0.360 e. The van der Waals surface area contributed by atoms with Gasteiger partial charge in [0.05, 0.1) is 0 Å². The molecule has 1 aromatic heterocycles. The van der Waals surface area contributed by atoms with Gasteiger partial charge in [-0.25, -0.2) is 0 Å². The summed E-state index contributed by atoms with van der Waals surface area (Å²) in [6.45, 7) is 1.82. The van der Waals surface area contributed by atoms with E-state index in [4.69, 9.17) is 10.3 Å². The summed E-state index contributed by atoms with van der Waals surface area (Å²) in [5.74, 6) is 1.11. The summed E-state index contributed by atoms with van der Waals surface area (Å²) in [5, 5.41) is 9.91. The zero-order valence-electron chi connectivity index (χ0n) is 14.1. The Balaban J connectivity index is 1.41. The lowest BCUT2D eigenvalue weighted by atomic mass is 9.91. The molecule has 2 aliphatic rings. The molecule has 2 saturated carbocycles. The summed E-state index contributed by atoms with van der Waals surface area (Å²) in [6.07, 6.45) is 6.02. The third-order valence-electron chi connectivity index (χ3n) is 4.68. The fourth-order valence-corrected chi connectivity index (χ4v) is 3.18. The van der Waals surface area contributed by atoms with E-state index in [9.17, 15) is 9.59 Å². The molecule has 1 heterocycles. The highest BCUT2D eigenvalue weighted by Crippen LogP contribution is 2.40. The number of amides is 2. The molecule has 2 amide bonds. The van der Waals surface area contributed by atoms with Gasteiger partial charge in [-0.15, -0.1) is 0 Å². The van der Waals surface area contributed by atoms with Crippen molar-refractivity contribution >= 4 is 11.8 Å². The summed E-state index contributed by atoms with van der Waals surface area (Å²) in [4.78, 5) is 24.0. The van der Waals surface area contributed by atoms with Gasteiger partial charge in [0.1, 0.15) is 5.76 Å². The first kappa shape index (κ1) is 17.0. The first-order chi connectivity index (χ1) is 11.5. The van der Waals surface area contributed by atoms with E-state index >= 15 is 0 Å². The summed E-state index contributed by atoms with van der Waals surface area (Å²) >= 11 is 0. The van der Waals surface area contributed by atoms with Crippen LogP contribution in [-0.4, -0.2) is 35.1 Å². The maximum absolute atomic E-state index is 12.2. The summed E-state index contributed by atoms with van der Waals surface area (Å²) in [7, 11) is 0. The number of aromatic nitrogens is 1. The number of nitrogens with zero attached hydrogens (tertiary/aromatic N) is 1. The molecule has 0 spiro atoms. The van der Waals surface area contributed by atoms with Crippen LogP contribution in [0.4, 0.5) is 0 Å². The van der Waals surface area contributed by atoms with Crippen LogP contribution < -0.4 is 16.4 Å². The fraction of sp³-hybridized carbons (Fsp3) is 0.706. The van der Waals surface area contributed by atoms with Crippen LogP contribution in [0.2, 0.25) is 0 Å². The van der Waals surface area contributed by atoms with Crippen LogP contribution in [0.5, 0.6) is 0 Å². The lowest BCUT2D eigenvalue weighted by Gasteiger charge is -2.29. The highest BCUT2D eigenvalue weighted by Gasteiger charge is 2.30. The second kappa shape index (κ2) is 7.34. The van der Waals surface area contributed by atoms with Crippen molar-refractivity contribution < 1.29 is 14.1 Å². The Morgan fingerprint density at radius 3 is 2.42 bits per heavy atom. The van der Waals surface area contributed by atoms with Crippen LogP contribution in [0.1, 0.15) is 74.0 Å². The van der Waals surface area contributed by atoms with Gasteiger partial charge in [0.15, 0.2) is 5.69 Å². The van der Waals surface area contributed by atoms with Crippen molar-refractivity contribution in [1.29, 1.82) is 0 Å². The minimum absolute atomic E-state index is 0.00712. The predicted octanol–water partition coefficient (Wildman–Crippen LogP) is 1.45. The van der Waals surface area contributed by atoms with Crippen LogP contribution in [0.25, 0.3) is 0 Å². The molecule has 132 valence electrons. The standard InChI is InChI=1S/C17H26N4O3/c1-10(18)8-16(22)19-12-4-6-13(7-5-12)20-17(23)14-9-15(24-21-14)11-2-3-11/h9-13H,2-8,18H2,1H3,(H,19,22)(H,20,23)/t10-,12-,13-/m1/s1. The molecule has 0 bridgehead atoms. The van der Waals surface area contributed by atoms with Crippen LogP contribution >= 0.6 is 0 Å². The summed E-state index contributed by atoms with van der Waals surface area (Å²) in [6, 6.07) is 1.94. The third kappa shape index (κ3) is 4.56. The molecule has 2 fully saturated rings. The molecular formula is C17H26N4O3. The molecule has 0 aliphatic heterocycles. The third-order valence-corrected chi connectivity index (χ3v) is 4.68. The maximum Gasteiger partial charge on any atom is 0.273 e. The molecule has 2 aliphatic carbocycles. The van der Waals surface area contributed by atoms with Gasteiger partial charge in [-0.05, 0) is 45.4 Å². The van der Waals surface area contributed by atoms with E-state index in [1.54, 1.807) is 6.07 Å². The molecule has 1 aromatic rings. The average molecular weight is 334 g/mol. The smallest absolute Gasteiger partial charge is 0.273 e. The normalized spacial score (nSPS) is 25.1. The van der Waals surface area contributed by atoms with Gasteiger partial charge >= 0.3 is 0 Å². The summed E-state index contributed by atoms with van der Waals surface area (Å²) in [5.41, 5.74) is 6.00. The number of hydrogen-bond acceptors (Lipinski definition) is 5. The van der Waals surface area contributed by atoms with Crippen LogP contribution in [0.15, 0.2) is 10.6 Å². The monoisotopic (exact) mass is 334 g/mol. The molecule has 0 saturated heterocycles. The van der Waals surface area contributed by atoms with Crippen molar-refractivity contribution in [2.45, 2.75) is 75.9 Å². The Morgan fingerprint density at radius 2 is 1.83 bits per heavy atom. The first-order valence-corrected chi connectivity index (χ1v) is 8.83. The van der Waals surface area contributed by atoms with Gasteiger partial charge in [-0.3, -0.25) is 9.59 Å². The van der Waals surface area contributed by atoms with Crippen molar-refractivity contribution in [3.05, 3.63) is 17.5 Å². The molecule has 1 atom stereocenters. The number of rotatable bonds is 6. The molecule has 0 unspecified atom stereocenters. The van der Waals surface area contributed by atoms with Gasteiger partial charge in [0, 0.05) is 36.5 Å². The highest BCUT2D eigenvalue weighted by atomic mass is 16.5. The Bertz CT molecular complexity index is 586. The maximum atomic E-state index is 12.2. The van der Waals surface area contributed by atoms with Crippen molar-refractivity contribution in [2.24, 2.45) is 5.73 Å². The average Bonchev–Trinajstić information content (AvgIpc) is 3.25. The molecule has 24 heavy (non-hydrogen) atoms. The number of carbonyl (C=O) groups excluding carboxylic acids is 2. The SMILES string of the molecule is C[C@@H](N)CC(=O)N[C@H]1CC[C@H](NC(=O)c2cc(C3CC3)on2)CC1. The highest BCUT2D eigenvalue weighted by molar-refractivity contribution is 5.92. The Labute approximate surface area is 141 Å². The topological polar surface area (TPSA) is 110 Å². The zero-order chi connectivity index (χ0) is 17.1. The first-order valence-electron chi connectivity index (χ1n) is 8.83. The van der Waals surface area contributed by atoms with Gasteiger partial charge in [-0.1, -0.05) is 5.16 Å². The van der Waals surface area contributed by atoms with E-state index in [-0.39, 0.29) is 29.9 Å². The van der Waals surface area contributed by atoms with Crippen LogP contribution in [0.3, 0.4) is 0 Å². The van der Waals surface area contributed by atoms with Gasteiger partial charge < -0.3 is 20.9 Å². The Hall–Kier alpha value is -1.89. The molecule has 7 heteroatoms. The minimum atomic E-state index is -0.171. The molecule has 7 nitrogen and oxygen atoms in total. The molecule has 4 N–H and O–H groups in total. The second-order valence-corrected chi connectivity index (χ2v) is 7.16. The number of nitrogens with one attached hydrogen (secondary N) is 2. The Kier molecular flexibility index (Phi) is 5.18. The van der Waals surface area contributed by atoms with E-state index in [2.05, 4.69) is 15.8 Å². The van der Waals surface area contributed by atoms with Crippen molar-refractivity contribution in [3.8, 4) is 0 Å². The van der Waals surface area contributed by atoms with E-state index in [1.165, 1.54) is 0 Å². The van der Waals surface area contributed by atoms with Crippen molar-refractivity contribution in [2.75, 3.05) is 0 Å². The van der Waals surface area contributed by atoms with Crippen molar-refractivity contribution in [1.82, 2.24) is 15.8 Å². The minimum Gasteiger partial charge on any atom is -0.360 e. The predicted molar refractivity (Wildman–Crippen MR) is 88.4 cm³/mol. The number of carbonyl (C=O) groups is 2. The van der Waals surface area contributed by atoms with E-state index in [0.29, 0.717) is 18.0 Å². The summed E-state index contributed by atoms with van der Waals surface area (Å²) < 4.78 is 5.22. The van der Waals surface area contributed by atoms with E-state index in [1.807, 2.05) is 6.92 Å². The zero-order valence-corrected chi connectivity index (χ0v) is 14.1. The molecule has 0 radical (unpaired) electrons. The fourth-order valence-electron chi connectivity index (χ4n) is 3.18. The second-order valence-electron chi connectivity index (χ2n) is 7.16. The molecule has 3 rings (SSSR count). The van der Waals surface area contributed by atoms with Gasteiger partial charge in [0.2, 0.25) is 5.91 Å². The number of nitrogens with two attached hydrogens (primary N) is 1. The number of hydrogen-bond donors (Lipinski definition) is 3. The van der Waals surface area contributed by atoms with Crippen molar-refractivity contribution in [3.63, 3.8) is 0 Å². The quantitative estimate of drug-likeness (QED) is 0.729. The lowest BCUT2D eigenvalue weighted by molar-refractivity contribution is -0.122. The van der Waals surface area contributed by atoms with Crippen LogP contribution in [0, 0.1) is 0 Å². The lowest BCUT2D eigenvalue weighted by Crippen LogP contribution is -2.44. The van der Waals surface area contributed by atoms with Gasteiger partial charge in [0.25, 0.3) is 5.91 Å².